The predicted molar refractivity (Wildman–Crippen MR) is 205 cm³/mol. The maximum atomic E-state index is 6.49. The molecule has 11 aromatic rings. The second-order valence-corrected chi connectivity index (χ2v) is 13.5. The van der Waals surface area contributed by atoms with Gasteiger partial charge in [0, 0.05) is 23.1 Å². The van der Waals surface area contributed by atoms with E-state index < -0.39 is 0 Å². The minimum absolute atomic E-state index is 0.847. The molecule has 7 heteroatoms. The average molecular weight is 657 g/mol. The number of imidazole rings is 4. The monoisotopic (exact) mass is 656 g/mol. The van der Waals surface area contributed by atoms with Gasteiger partial charge in [-0.25, -0.2) is 9.97 Å². The van der Waals surface area contributed by atoms with E-state index in [1.165, 1.54) is 11.1 Å². The predicted octanol–water partition coefficient (Wildman–Crippen LogP) is 10.4. The van der Waals surface area contributed by atoms with Gasteiger partial charge in [0.25, 0.3) is 0 Å². The second kappa shape index (κ2) is 9.86. The van der Waals surface area contributed by atoms with Gasteiger partial charge < -0.3 is 4.42 Å². The summed E-state index contributed by atoms with van der Waals surface area (Å²) in [6, 6.07) is 49.2. The average Bonchev–Trinajstić information content (AvgIpc) is 3.97. The van der Waals surface area contributed by atoms with Crippen molar-refractivity contribution in [1.82, 2.24) is 27.9 Å². The first kappa shape index (κ1) is 27.0. The molecule has 1 aliphatic rings. The highest BCUT2D eigenvalue weighted by Gasteiger charge is 2.23. The third-order valence-electron chi connectivity index (χ3n) is 10.7. The molecule has 0 aliphatic heterocycles. The van der Waals surface area contributed by atoms with Gasteiger partial charge >= 0.3 is 0 Å². The molecule has 0 atom stereocenters. The zero-order valence-electron chi connectivity index (χ0n) is 27.4. The van der Waals surface area contributed by atoms with Crippen molar-refractivity contribution in [2.75, 3.05) is 0 Å². The van der Waals surface area contributed by atoms with Gasteiger partial charge in [-0.15, -0.1) is 0 Å². The number of benzene rings is 6. The summed E-state index contributed by atoms with van der Waals surface area (Å²) in [6.45, 7) is 0. The molecule has 0 N–H and O–H groups in total. The van der Waals surface area contributed by atoms with E-state index in [2.05, 4.69) is 157 Å². The van der Waals surface area contributed by atoms with Gasteiger partial charge in [0.2, 0.25) is 11.6 Å². The van der Waals surface area contributed by atoms with Crippen molar-refractivity contribution in [2.24, 2.45) is 0 Å². The number of allylic oxidation sites excluding steroid dienone is 1. The first-order valence-corrected chi connectivity index (χ1v) is 17.4. The molecule has 0 saturated heterocycles. The van der Waals surface area contributed by atoms with Crippen molar-refractivity contribution >= 4 is 78.3 Å². The van der Waals surface area contributed by atoms with E-state index in [1.807, 2.05) is 6.07 Å². The van der Waals surface area contributed by atoms with Gasteiger partial charge in [-0.2, -0.15) is 0 Å². The SMILES string of the molecule is C1=C(c2cccc(-n3c4ccccc4n4c5ccccc5nc34)c2)CCc2oc3ccc(-n4c5ccccc5n5c6ccccc6nc45)cc3c21. The molecule has 0 bridgehead atoms. The van der Waals surface area contributed by atoms with Crippen LogP contribution in [0.25, 0.3) is 89.7 Å². The molecule has 7 nitrogen and oxygen atoms in total. The number of hydrogen-bond acceptors (Lipinski definition) is 3. The first-order chi connectivity index (χ1) is 25.3. The molecule has 0 unspecified atom stereocenters. The van der Waals surface area contributed by atoms with Crippen LogP contribution in [0.15, 0.2) is 144 Å². The van der Waals surface area contributed by atoms with Gasteiger partial charge in [-0.05, 0) is 102 Å². The Balaban J connectivity index is 1.02. The fourth-order valence-electron chi connectivity index (χ4n) is 8.42. The quantitative estimate of drug-likeness (QED) is 0.190. The van der Waals surface area contributed by atoms with Crippen LogP contribution < -0.4 is 0 Å². The van der Waals surface area contributed by atoms with Gasteiger partial charge in [-0.1, -0.05) is 60.7 Å². The lowest BCUT2D eigenvalue weighted by Gasteiger charge is -2.15. The maximum absolute atomic E-state index is 6.49. The molecule has 12 rings (SSSR count). The Morgan fingerprint density at radius 3 is 1.71 bits per heavy atom. The zero-order chi connectivity index (χ0) is 33.2. The highest BCUT2D eigenvalue weighted by atomic mass is 16.3. The largest absolute Gasteiger partial charge is 0.460 e. The first-order valence-electron chi connectivity index (χ1n) is 17.4. The van der Waals surface area contributed by atoms with Crippen molar-refractivity contribution in [3.63, 3.8) is 0 Å². The summed E-state index contributed by atoms with van der Waals surface area (Å²) in [5.74, 6) is 2.86. The van der Waals surface area contributed by atoms with Crippen molar-refractivity contribution in [3.8, 4) is 11.4 Å². The van der Waals surface area contributed by atoms with E-state index in [0.29, 0.717) is 0 Å². The Hall–Kier alpha value is -6.86. The van der Waals surface area contributed by atoms with Crippen LogP contribution in [0.4, 0.5) is 0 Å². The van der Waals surface area contributed by atoms with Crippen molar-refractivity contribution < 1.29 is 4.42 Å². The fourth-order valence-corrected chi connectivity index (χ4v) is 8.42. The number of aromatic nitrogens is 6. The van der Waals surface area contributed by atoms with Gasteiger partial charge in [0.05, 0.1) is 49.8 Å². The summed E-state index contributed by atoms with van der Waals surface area (Å²) in [6.07, 6.45) is 4.09. The molecule has 0 amide bonds. The number of nitrogens with zero attached hydrogens (tertiary/aromatic N) is 6. The Labute approximate surface area is 290 Å². The lowest BCUT2D eigenvalue weighted by Crippen LogP contribution is -1.99. The number of fused-ring (bicyclic) bond motifs is 13. The third kappa shape index (κ3) is 3.67. The molecular weight excluding hydrogens is 629 g/mol. The smallest absolute Gasteiger partial charge is 0.220 e. The van der Waals surface area contributed by atoms with E-state index in [0.717, 1.165) is 102 Å². The normalized spacial score (nSPS) is 13.5. The lowest BCUT2D eigenvalue weighted by molar-refractivity contribution is 0.548. The summed E-state index contributed by atoms with van der Waals surface area (Å²) in [5, 5.41) is 1.12. The molecule has 51 heavy (non-hydrogen) atoms. The van der Waals surface area contributed by atoms with E-state index in [1.54, 1.807) is 0 Å². The Bertz CT molecular complexity index is 3270. The number of para-hydroxylation sites is 8. The topological polar surface area (TPSA) is 57.6 Å². The van der Waals surface area contributed by atoms with Crippen LogP contribution in [-0.4, -0.2) is 27.9 Å². The summed E-state index contributed by atoms with van der Waals surface area (Å²) >= 11 is 0. The van der Waals surface area contributed by atoms with Gasteiger partial charge in [0.15, 0.2) is 0 Å². The van der Waals surface area contributed by atoms with Crippen LogP contribution in [0, 0.1) is 0 Å². The summed E-state index contributed by atoms with van der Waals surface area (Å²) in [4.78, 5) is 10.2. The third-order valence-corrected chi connectivity index (χ3v) is 10.7. The van der Waals surface area contributed by atoms with Crippen LogP contribution in [0.2, 0.25) is 0 Å². The highest BCUT2D eigenvalue weighted by molar-refractivity contribution is 5.99. The molecular formula is C44H28N6O. The van der Waals surface area contributed by atoms with Crippen LogP contribution in [0.1, 0.15) is 23.3 Å². The molecule has 5 heterocycles. The van der Waals surface area contributed by atoms with Gasteiger partial charge in [-0.3, -0.25) is 17.9 Å². The highest BCUT2D eigenvalue weighted by Crippen LogP contribution is 2.39. The van der Waals surface area contributed by atoms with Crippen LogP contribution in [0.5, 0.6) is 0 Å². The summed E-state index contributed by atoms with van der Waals surface area (Å²) < 4.78 is 15.6. The van der Waals surface area contributed by atoms with Gasteiger partial charge in [0.1, 0.15) is 11.3 Å². The molecule has 0 saturated carbocycles. The van der Waals surface area contributed by atoms with E-state index in [9.17, 15) is 0 Å². The molecule has 0 radical (unpaired) electrons. The maximum Gasteiger partial charge on any atom is 0.220 e. The Morgan fingerprint density at radius 2 is 1.06 bits per heavy atom. The minimum Gasteiger partial charge on any atom is -0.460 e. The standard InChI is InChI=1S/C44H28N6O/c1-3-14-35-33(12-1)45-43-47(37-16-5-7-18-39(37)49(35)43)29-11-9-10-27(24-29)28-20-22-41-31(25-28)32-26-30(21-23-42(32)51-41)48-38-17-6-8-19-40(38)50-36-15-4-2-13-34(36)46-44(48)50/h1-19,21,23-26H,20,22H2. The number of hydrogen-bond donors (Lipinski definition) is 0. The van der Waals surface area contributed by atoms with E-state index in [-0.39, 0.29) is 0 Å². The fraction of sp³-hybridized carbons (Fsp3) is 0.0455. The van der Waals surface area contributed by atoms with E-state index in [4.69, 9.17) is 14.4 Å². The van der Waals surface area contributed by atoms with Crippen molar-refractivity contribution in [3.05, 3.63) is 156 Å². The van der Waals surface area contributed by atoms with Crippen molar-refractivity contribution in [2.45, 2.75) is 12.8 Å². The summed E-state index contributed by atoms with van der Waals surface area (Å²) in [5.41, 5.74) is 15.4. The molecule has 5 aromatic heterocycles. The molecule has 0 fully saturated rings. The van der Waals surface area contributed by atoms with Crippen molar-refractivity contribution in [1.29, 1.82) is 0 Å². The van der Waals surface area contributed by atoms with E-state index >= 15 is 0 Å². The minimum atomic E-state index is 0.847. The number of aryl methyl sites for hydroxylation is 1. The zero-order valence-corrected chi connectivity index (χ0v) is 27.4. The molecule has 1 aliphatic carbocycles. The molecule has 6 aromatic carbocycles. The van der Waals surface area contributed by atoms with Crippen LogP contribution in [-0.2, 0) is 6.42 Å². The number of rotatable bonds is 3. The Kier molecular flexibility index (Phi) is 5.22. The van der Waals surface area contributed by atoms with Crippen LogP contribution >= 0.6 is 0 Å². The van der Waals surface area contributed by atoms with Crippen LogP contribution in [0.3, 0.4) is 0 Å². The second-order valence-electron chi connectivity index (χ2n) is 13.5. The Morgan fingerprint density at radius 1 is 0.490 bits per heavy atom. The molecule has 240 valence electrons. The summed E-state index contributed by atoms with van der Waals surface area (Å²) in [7, 11) is 0. The lowest BCUT2D eigenvalue weighted by atomic mass is 9.91. The molecule has 0 spiro atoms. The number of furan rings is 1.